The van der Waals surface area contributed by atoms with Crippen LogP contribution in [0.5, 0.6) is 0 Å². The van der Waals surface area contributed by atoms with Crippen LogP contribution in [0, 0.1) is 13.8 Å². The van der Waals surface area contributed by atoms with Crippen LogP contribution in [0.2, 0.25) is 0 Å². The van der Waals surface area contributed by atoms with Gasteiger partial charge in [-0.25, -0.2) is 9.10 Å². The maximum absolute atomic E-state index is 12.9. The molecule has 0 spiro atoms. The number of aryl methyl sites for hydroxylation is 2. The molecular formula is C21H27N3O5S. The molecule has 0 aliphatic heterocycles. The first-order chi connectivity index (χ1) is 14.1. The van der Waals surface area contributed by atoms with Crippen molar-refractivity contribution >= 4 is 33.5 Å². The summed E-state index contributed by atoms with van der Waals surface area (Å²) < 4.78 is 33.0. The Morgan fingerprint density at radius 1 is 1.07 bits per heavy atom. The molecule has 0 aliphatic carbocycles. The topological polar surface area (TPSA) is 96.0 Å². The summed E-state index contributed by atoms with van der Waals surface area (Å²) in [5.41, 5.74) is 2.44. The molecule has 0 radical (unpaired) electrons. The van der Waals surface area contributed by atoms with E-state index in [0.29, 0.717) is 11.3 Å². The summed E-state index contributed by atoms with van der Waals surface area (Å²) in [5.74, 6) is -1.15. The van der Waals surface area contributed by atoms with Crippen LogP contribution in [0.25, 0.3) is 0 Å². The van der Waals surface area contributed by atoms with Gasteiger partial charge in [0, 0.05) is 14.1 Å². The Bertz CT molecular complexity index is 1030. The predicted octanol–water partition coefficient (Wildman–Crippen LogP) is 2.73. The van der Waals surface area contributed by atoms with Gasteiger partial charge in [0.05, 0.1) is 23.5 Å². The number of amides is 1. The Morgan fingerprint density at radius 3 is 2.37 bits per heavy atom. The number of ether oxygens (including phenoxy) is 1. The molecule has 0 saturated heterocycles. The Kier molecular flexibility index (Phi) is 7.58. The molecule has 0 atom stereocenters. The summed E-state index contributed by atoms with van der Waals surface area (Å²) in [6.07, 6.45) is 0. The SMILES string of the molecule is CCOC(=O)c1ccccc1NC(=O)CN(c1cc(C)ccc1C)S(=O)(=O)N(C)C. The minimum absolute atomic E-state index is 0.196. The molecule has 2 aromatic carbocycles. The van der Waals surface area contributed by atoms with E-state index in [9.17, 15) is 18.0 Å². The highest BCUT2D eigenvalue weighted by molar-refractivity contribution is 7.90. The summed E-state index contributed by atoms with van der Waals surface area (Å²) in [6.45, 7) is 5.05. The van der Waals surface area contributed by atoms with Crippen LogP contribution in [-0.2, 0) is 19.7 Å². The van der Waals surface area contributed by atoms with Crippen molar-refractivity contribution < 1.29 is 22.7 Å². The number of carbonyl (C=O) groups excluding carboxylic acids is 2. The van der Waals surface area contributed by atoms with Crippen molar-refractivity contribution in [2.75, 3.05) is 36.9 Å². The summed E-state index contributed by atoms with van der Waals surface area (Å²) >= 11 is 0. The molecule has 162 valence electrons. The zero-order chi connectivity index (χ0) is 22.5. The normalized spacial score (nSPS) is 11.3. The van der Waals surface area contributed by atoms with Gasteiger partial charge in [-0.15, -0.1) is 0 Å². The molecule has 0 fully saturated rings. The fourth-order valence-corrected chi connectivity index (χ4v) is 3.90. The average molecular weight is 434 g/mol. The highest BCUT2D eigenvalue weighted by Gasteiger charge is 2.29. The van der Waals surface area contributed by atoms with E-state index >= 15 is 0 Å². The summed E-state index contributed by atoms with van der Waals surface area (Å²) in [4.78, 5) is 24.9. The highest BCUT2D eigenvalue weighted by Crippen LogP contribution is 2.25. The first kappa shape index (κ1) is 23.4. The molecule has 0 bridgehead atoms. The van der Waals surface area contributed by atoms with E-state index in [1.807, 2.05) is 13.0 Å². The molecule has 2 rings (SSSR count). The second-order valence-corrected chi connectivity index (χ2v) is 8.97. The van der Waals surface area contributed by atoms with E-state index < -0.39 is 28.6 Å². The number of hydrogen-bond donors (Lipinski definition) is 1. The van der Waals surface area contributed by atoms with Gasteiger partial charge in [-0.2, -0.15) is 12.7 Å². The molecule has 8 nitrogen and oxygen atoms in total. The number of benzene rings is 2. The molecule has 2 aromatic rings. The van der Waals surface area contributed by atoms with Gasteiger partial charge in [-0.3, -0.25) is 4.79 Å². The van der Waals surface area contributed by atoms with Gasteiger partial charge in [-0.05, 0) is 50.1 Å². The van der Waals surface area contributed by atoms with Crippen molar-refractivity contribution in [3.05, 3.63) is 59.2 Å². The van der Waals surface area contributed by atoms with Crippen molar-refractivity contribution in [1.82, 2.24) is 4.31 Å². The number of hydrogen-bond acceptors (Lipinski definition) is 5. The van der Waals surface area contributed by atoms with E-state index in [1.54, 1.807) is 44.2 Å². The van der Waals surface area contributed by atoms with Crippen LogP contribution in [0.3, 0.4) is 0 Å². The van der Waals surface area contributed by atoms with Crippen molar-refractivity contribution in [2.45, 2.75) is 20.8 Å². The van der Waals surface area contributed by atoms with E-state index in [2.05, 4.69) is 5.32 Å². The third-order valence-electron chi connectivity index (χ3n) is 4.36. The monoisotopic (exact) mass is 433 g/mol. The van der Waals surface area contributed by atoms with Gasteiger partial charge in [0.25, 0.3) is 0 Å². The van der Waals surface area contributed by atoms with Crippen LogP contribution in [0.15, 0.2) is 42.5 Å². The van der Waals surface area contributed by atoms with Crippen molar-refractivity contribution in [3.63, 3.8) is 0 Å². The number of carbonyl (C=O) groups is 2. The molecule has 1 amide bonds. The van der Waals surface area contributed by atoms with E-state index in [0.717, 1.165) is 14.2 Å². The largest absolute Gasteiger partial charge is 0.462 e. The Hall–Kier alpha value is -2.91. The molecule has 0 unspecified atom stereocenters. The van der Waals surface area contributed by atoms with Crippen molar-refractivity contribution in [2.24, 2.45) is 0 Å². The van der Waals surface area contributed by atoms with Gasteiger partial charge in [0.1, 0.15) is 6.54 Å². The minimum atomic E-state index is -3.94. The fourth-order valence-electron chi connectivity index (χ4n) is 2.78. The molecule has 0 aromatic heterocycles. The summed E-state index contributed by atoms with van der Waals surface area (Å²) in [6, 6.07) is 11.8. The van der Waals surface area contributed by atoms with Crippen LogP contribution in [-0.4, -0.2) is 51.8 Å². The summed E-state index contributed by atoms with van der Waals surface area (Å²) in [5, 5.41) is 2.63. The van der Waals surface area contributed by atoms with Crippen LogP contribution in [0.4, 0.5) is 11.4 Å². The smallest absolute Gasteiger partial charge is 0.340 e. The number of para-hydroxylation sites is 1. The second-order valence-electron chi connectivity index (χ2n) is 6.90. The number of nitrogens with one attached hydrogen (secondary N) is 1. The van der Waals surface area contributed by atoms with Gasteiger partial charge >= 0.3 is 16.2 Å². The van der Waals surface area contributed by atoms with Crippen LogP contribution in [0.1, 0.15) is 28.4 Å². The van der Waals surface area contributed by atoms with E-state index in [4.69, 9.17) is 4.74 Å². The second kappa shape index (κ2) is 9.73. The lowest BCUT2D eigenvalue weighted by atomic mass is 10.1. The highest BCUT2D eigenvalue weighted by atomic mass is 32.2. The van der Waals surface area contributed by atoms with E-state index in [-0.39, 0.29) is 17.9 Å². The third-order valence-corrected chi connectivity index (χ3v) is 6.16. The average Bonchev–Trinajstić information content (AvgIpc) is 2.68. The zero-order valence-electron chi connectivity index (χ0n) is 17.8. The maximum atomic E-state index is 12.9. The lowest BCUT2D eigenvalue weighted by Crippen LogP contribution is -2.44. The maximum Gasteiger partial charge on any atom is 0.340 e. The molecule has 0 saturated carbocycles. The predicted molar refractivity (Wildman–Crippen MR) is 117 cm³/mol. The van der Waals surface area contributed by atoms with Gasteiger partial charge in [-0.1, -0.05) is 24.3 Å². The molecule has 0 heterocycles. The standard InChI is InChI=1S/C21H27N3O5S/c1-6-29-21(26)17-9-7-8-10-18(17)22-20(25)14-24(30(27,28)23(4)5)19-13-15(2)11-12-16(19)3/h7-13H,6,14H2,1-5H3,(H,22,25). The van der Waals surface area contributed by atoms with Gasteiger partial charge in [0.15, 0.2) is 0 Å². The Balaban J connectivity index is 2.37. The number of rotatable bonds is 8. The molecule has 1 N–H and O–H groups in total. The van der Waals surface area contributed by atoms with Gasteiger partial charge < -0.3 is 10.1 Å². The minimum Gasteiger partial charge on any atom is -0.462 e. The van der Waals surface area contributed by atoms with Crippen LogP contribution >= 0.6 is 0 Å². The van der Waals surface area contributed by atoms with E-state index in [1.165, 1.54) is 20.2 Å². The summed E-state index contributed by atoms with van der Waals surface area (Å²) in [7, 11) is -1.13. The van der Waals surface area contributed by atoms with Crippen molar-refractivity contribution in [3.8, 4) is 0 Å². The quantitative estimate of drug-likeness (QED) is 0.646. The lowest BCUT2D eigenvalue weighted by Gasteiger charge is -2.28. The number of anilines is 2. The number of nitrogens with zero attached hydrogens (tertiary/aromatic N) is 2. The third kappa shape index (κ3) is 5.37. The van der Waals surface area contributed by atoms with Crippen molar-refractivity contribution in [1.29, 1.82) is 0 Å². The van der Waals surface area contributed by atoms with Crippen LogP contribution < -0.4 is 9.62 Å². The molecule has 30 heavy (non-hydrogen) atoms. The molecule has 9 heteroatoms. The first-order valence-corrected chi connectivity index (χ1v) is 10.8. The zero-order valence-corrected chi connectivity index (χ0v) is 18.6. The Labute approximate surface area is 177 Å². The molecular weight excluding hydrogens is 406 g/mol. The lowest BCUT2D eigenvalue weighted by molar-refractivity contribution is -0.114. The molecule has 0 aliphatic rings. The number of esters is 1. The van der Waals surface area contributed by atoms with Gasteiger partial charge in [0.2, 0.25) is 5.91 Å². The fraction of sp³-hybridized carbons (Fsp3) is 0.333. The first-order valence-electron chi connectivity index (χ1n) is 9.41. The Morgan fingerprint density at radius 2 is 1.73 bits per heavy atom.